The van der Waals surface area contributed by atoms with Gasteiger partial charge < -0.3 is 13.7 Å². The standard InChI is InChI=1S/C66H45N3Si/c1-5-21-47(22-6-1)67-59-34-17-14-30-55(59)65-53(32-19-36-62(65)67)46-39-44-61-57(45-46)54-29-13-16-33-58(54)69(61)64-38-20-37-63-66(64)56-31-15-18-35-60(56)68(63)48-40-42-52(43-41-48)70(49-23-7-2-8-24-49,50-25-9-3-10-26-50)51-27-11-4-12-28-51/h1-45H. The summed E-state index contributed by atoms with van der Waals surface area (Å²) < 4.78 is 7.37. The molecule has 14 aromatic rings. The van der Waals surface area contributed by atoms with Crippen LogP contribution >= 0.6 is 0 Å². The maximum absolute atomic E-state index is 2.69. The highest BCUT2D eigenvalue weighted by atomic mass is 28.3. The molecule has 3 heterocycles. The fraction of sp³-hybridized carbons (Fsp3) is 0. The lowest BCUT2D eigenvalue weighted by atomic mass is 9.98. The molecule has 11 aromatic carbocycles. The van der Waals surface area contributed by atoms with Gasteiger partial charge >= 0.3 is 0 Å². The summed E-state index contributed by atoms with van der Waals surface area (Å²) in [6.07, 6.45) is 0. The number of nitrogens with zero attached hydrogens (tertiary/aromatic N) is 3. The molecule has 0 unspecified atom stereocenters. The molecule has 70 heavy (non-hydrogen) atoms. The molecule has 0 atom stereocenters. The Morgan fingerprint density at radius 3 is 1.24 bits per heavy atom. The molecule has 0 spiro atoms. The molecule has 0 amide bonds. The number of fused-ring (bicyclic) bond motifs is 9. The first-order chi connectivity index (χ1) is 34.8. The van der Waals surface area contributed by atoms with Crippen LogP contribution in [0.1, 0.15) is 0 Å². The Morgan fingerprint density at radius 2 is 0.657 bits per heavy atom. The zero-order valence-electron chi connectivity index (χ0n) is 38.3. The second-order valence-corrected chi connectivity index (χ2v) is 22.2. The highest BCUT2D eigenvalue weighted by Gasteiger charge is 2.41. The molecule has 0 fully saturated rings. The van der Waals surface area contributed by atoms with Crippen LogP contribution in [0.4, 0.5) is 0 Å². The maximum atomic E-state index is 2.50. The van der Waals surface area contributed by atoms with Gasteiger partial charge in [-0.1, -0.05) is 200 Å². The summed E-state index contributed by atoms with van der Waals surface area (Å²) in [5.74, 6) is 0. The molecule has 0 aliphatic rings. The van der Waals surface area contributed by atoms with Crippen molar-refractivity contribution in [3.63, 3.8) is 0 Å². The molecule has 0 saturated carbocycles. The minimum absolute atomic E-state index is 1.14. The predicted molar refractivity (Wildman–Crippen MR) is 299 cm³/mol. The minimum Gasteiger partial charge on any atom is -0.309 e. The Bertz CT molecular complexity index is 4170. The second-order valence-electron chi connectivity index (χ2n) is 18.4. The Hall–Kier alpha value is -8.96. The van der Waals surface area contributed by atoms with Gasteiger partial charge in [-0.2, -0.15) is 0 Å². The van der Waals surface area contributed by atoms with Crippen molar-refractivity contribution in [3.05, 3.63) is 273 Å². The summed E-state index contributed by atoms with van der Waals surface area (Å²) >= 11 is 0. The molecule has 0 radical (unpaired) electrons. The summed E-state index contributed by atoms with van der Waals surface area (Å²) in [5, 5.41) is 12.9. The normalized spacial score (nSPS) is 12.0. The van der Waals surface area contributed by atoms with Crippen LogP contribution in [-0.2, 0) is 0 Å². The number of para-hydroxylation sites is 4. The Morgan fingerprint density at radius 1 is 0.243 bits per heavy atom. The molecule has 14 rings (SSSR count). The monoisotopic (exact) mass is 907 g/mol. The average Bonchev–Trinajstić information content (AvgIpc) is 4.08. The van der Waals surface area contributed by atoms with Gasteiger partial charge in [-0.3, -0.25) is 0 Å². The van der Waals surface area contributed by atoms with E-state index in [1.807, 2.05) is 0 Å². The minimum atomic E-state index is -2.69. The molecule has 3 aromatic heterocycles. The second kappa shape index (κ2) is 16.1. The van der Waals surface area contributed by atoms with Crippen LogP contribution in [0.3, 0.4) is 0 Å². The largest absolute Gasteiger partial charge is 0.309 e. The van der Waals surface area contributed by atoms with Crippen molar-refractivity contribution in [2.45, 2.75) is 0 Å². The molecule has 0 bridgehead atoms. The molecule has 0 aliphatic carbocycles. The Balaban J connectivity index is 0.954. The molecular weight excluding hydrogens is 863 g/mol. The van der Waals surface area contributed by atoms with Crippen LogP contribution in [0.15, 0.2) is 273 Å². The summed E-state index contributed by atoms with van der Waals surface area (Å²) in [7, 11) is -2.69. The number of aromatic nitrogens is 3. The van der Waals surface area contributed by atoms with E-state index in [1.54, 1.807) is 0 Å². The molecule has 0 saturated heterocycles. The highest BCUT2D eigenvalue weighted by molar-refractivity contribution is 7.19. The first-order valence-corrected chi connectivity index (χ1v) is 26.2. The van der Waals surface area contributed by atoms with Crippen molar-refractivity contribution in [1.82, 2.24) is 13.7 Å². The summed E-state index contributed by atoms with van der Waals surface area (Å²) in [6, 6.07) is 101. The number of hydrogen-bond acceptors (Lipinski definition) is 0. The first kappa shape index (κ1) is 40.1. The third kappa shape index (κ3) is 5.94. The van der Waals surface area contributed by atoms with Crippen molar-refractivity contribution in [2.24, 2.45) is 0 Å². The smallest absolute Gasteiger partial charge is 0.179 e. The fourth-order valence-corrected chi connectivity index (χ4v) is 16.6. The topological polar surface area (TPSA) is 14.8 Å². The van der Waals surface area contributed by atoms with E-state index >= 15 is 0 Å². The van der Waals surface area contributed by atoms with E-state index < -0.39 is 8.07 Å². The van der Waals surface area contributed by atoms with E-state index in [-0.39, 0.29) is 0 Å². The van der Waals surface area contributed by atoms with Gasteiger partial charge in [-0.25, -0.2) is 0 Å². The molecule has 0 N–H and O–H groups in total. The van der Waals surface area contributed by atoms with E-state index in [2.05, 4.69) is 287 Å². The van der Waals surface area contributed by atoms with Crippen LogP contribution in [0, 0.1) is 0 Å². The number of hydrogen-bond donors (Lipinski definition) is 0. The van der Waals surface area contributed by atoms with Crippen molar-refractivity contribution in [1.29, 1.82) is 0 Å². The van der Waals surface area contributed by atoms with Crippen LogP contribution in [0.5, 0.6) is 0 Å². The predicted octanol–water partition coefficient (Wildman–Crippen LogP) is 14.0. The van der Waals surface area contributed by atoms with Crippen LogP contribution in [0.25, 0.3) is 93.6 Å². The molecular formula is C66H45N3Si. The molecule has 328 valence electrons. The van der Waals surface area contributed by atoms with Gasteiger partial charge in [0.25, 0.3) is 0 Å². The zero-order valence-corrected chi connectivity index (χ0v) is 39.3. The lowest BCUT2D eigenvalue weighted by Crippen LogP contribution is -2.74. The molecule has 3 nitrogen and oxygen atoms in total. The van der Waals surface area contributed by atoms with Gasteiger partial charge in [-0.05, 0) is 105 Å². The Kier molecular flexibility index (Phi) is 9.23. The number of rotatable bonds is 8. The maximum Gasteiger partial charge on any atom is 0.179 e. The van der Waals surface area contributed by atoms with E-state index in [9.17, 15) is 0 Å². The van der Waals surface area contributed by atoms with Gasteiger partial charge in [0.1, 0.15) is 0 Å². The third-order valence-electron chi connectivity index (χ3n) is 14.8. The van der Waals surface area contributed by atoms with Gasteiger partial charge in [0.2, 0.25) is 0 Å². The van der Waals surface area contributed by atoms with Crippen molar-refractivity contribution < 1.29 is 0 Å². The zero-order chi connectivity index (χ0) is 46.2. The van der Waals surface area contributed by atoms with Crippen molar-refractivity contribution >= 4 is 94.2 Å². The third-order valence-corrected chi connectivity index (χ3v) is 19.6. The van der Waals surface area contributed by atoms with Crippen molar-refractivity contribution in [2.75, 3.05) is 0 Å². The van der Waals surface area contributed by atoms with Crippen LogP contribution in [-0.4, -0.2) is 21.8 Å². The molecule has 0 aliphatic heterocycles. The lowest BCUT2D eigenvalue weighted by molar-refractivity contribution is 1.17. The molecule has 4 heteroatoms. The van der Waals surface area contributed by atoms with E-state index in [0.29, 0.717) is 0 Å². The number of benzene rings is 11. The van der Waals surface area contributed by atoms with Gasteiger partial charge in [0.05, 0.1) is 38.8 Å². The van der Waals surface area contributed by atoms with Gasteiger partial charge in [0, 0.05) is 43.7 Å². The van der Waals surface area contributed by atoms with Crippen LogP contribution in [0.2, 0.25) is 0 Å². The summed E-state index contributed by atoms with van der Waals surface area (Å²) in [4.78, 5) is 0. The van der Waals surface area contributed by atoms with Crippen LogP contribution < -0.4 is 20.7 Å². The summed E-state index contributed by atoms with van der Waals surface area (Å²) in [6.45, 7) is 0. The average molecular weight is 908 g/mol. The van der Waals surface area contributed by atoms with Crippen molar-refractivity contribution in [3.8, 4) is 28.2 Å². The van der Waals surface area contributed by atoms with E-state index in [4.69, 9.17) is 0 Å². The van der Waals surface area contributed by atoms with E-state index in [0.717, 1.165) is 11.4 Å². The Labute approximate surface area is 407 Å². The lowest BCUT2D eigenvalue weighted by Gasteiger charge is -2.34. The quantitative estimate of drug-likeness (QED) is 0.107. The SMILES string of the molecule is c1ccc(-n2c3ccccc3c3c(-c4ccc5c(c4)c4ccccc4n5-c4cccc5c4c4ccccc4n5-c4ccc([Si](c5ccccc5)(c5ccccc5)c5ccccc5)cc4)cccc32)cc1. The fourth-order valence-electron chi connectivity index (χ4n) is 11.9. The van der Waals surface area contributed by atoms with E-state index in [1.165, 1.54) is 103 Å². The first-order valence-electron chi connectivity index (χ1n) is 24.2. The highest BCUT2D eigenvalue weighted by Crippen LogP contribution is 2.43. The van der Waals surface area contributed by atoms with Gasteiger partial charge in [0.15, 0.2) is 8.07 Å². The van der Waals surface area contributed by atoms with Gasteiger partial charge in [-0.15, -0.1) is 0 Å². The summed E-state index contributed by atoms with van der Waals surface area (Å²) in [5.41, 5.74) is 13.0.